The lowest BCUT2D eigenvalue weighted by atomic mass is 10.2. The molecule has 1 aliphatic carbocycles. The lowest BCUT2D eigenvalue weighted by Crippen LogP contribution is -2.48. The van der Waals surface area contributed by atoms with Crippen LogP contribution in [-0.4, -0.2) is 46.5 Å². The monoisotopic (exact) mass is 350 g/mol. The van der Waals surface area contributed by atoms with Gasteiger partial charge in [-0.2, -0.15) is 0 Å². The van der Waals surface area contributed by atoms with Crippen molar-refractivity contribution in [2.24, 2.45) is 0 Å². The number of pyridine rings is 1. The fourth-order valence-corrected chi connectivity index (χ4v) is 3.87. The summed E-state index contributed by atoms with van der Waals surface area (Å²) in [7, 11) is 0. The Hall–Kier alpha value is -2.56. The summed E-state index contributed by atoms with van der Waals surface area (Å²) in [5.41, 5.74) is 4.91. The molecule has 2 fully saturated rings. The zero-order valence-electron chi connectivity index (χ0n) is 15.6. The van der Waals surface area contributed by atoms with Crippen molar-refractivity contribution >= 4 is 17.7 Å². The lowest BCUT2D eigenvalue weighted by molar-refractivity contribution is -0.126. The van der Waals surface area contributed by atoms with Crippen LogP contribution in [0.15, 0.2) is 36.7 Å². The fraction of sp³-hybridized carbons (Fsp3) is 0.429. The number of hydrogen-bond acceptors (Lipinski definition) is 3. The predicted molar refractivity (Wildman–Crippen MR) is 104 cm³/mol. The molecule has 136 valence electrons. The number of piperazine rings is 1. The van der Waals surface area contributed by atoms with E-state index in [1.54, 1.807) is 6.08 Å². The van der Waals surface area contributed by atoms with Gasteiger partial charge in [-0.25, -0.2) is 0 Å². The van der Waals surface area contributed by atoms with Crippen molar-refractivity contribution < 1.29 is 4.79 Å². The summed E-state index contributed by atoms with van der Waals surface area (Å²) in [4.78, 5) is 20.9. The van der Waals surface area contributed by atoms with E-state index in [0.29, 0.717) is 6.04 Å². The highest BCUT2D eigenvalue weighted by Gasteiger charge is 2.26. The van der Waals surface area contributed by atoms with Gasteiger partial charge in [-0.05, 0) is 56.5 Å². The number of rotatable bonds is 4. The Labute approximate surface area is 154 Å². The molecule has 0 atom stereocenters. The SMILES string of the molecule is Cc1cc(/C=C/C(=O)N2CCN(c3ccncc3)CC2)c(C)n1C1CC1. The van der Waals surface area contributed by atoms with Crippen LogP contribution in [0.2, 0.25) is 0 Å². The highest BCUT2D eigenvalue weighted by atomic mass is 16.2. The van der Waals surface area contributed by atoms with Crippen molar-refractivity contribution in [2.45, 2.75) is 32.7 Å². The Morgan fingerprint density at radius 1 is 1.12 bits per heavy atom. The summed E-state index contributed by atoms with van der Waals surface area (Å²) >= 11 is 0. The van der Waals surface area contributed by atoms with Crippen LogP contribution in [0.25, 0.3) is 6.08 Å². The van der Waals surface area contributed by atoms with E-state index in [0.717, 1.165) is 31.7 Å². The molecule has 1 amide bonds. The molecule has 0 radical (unpaired) electrons. The van der Waals surface area contributed by atoms with Gasteiger partial charge in [0.2, 0.25) is 5.91 Å². The Balaban J connectivity index is 1.37. The molecule has 0 bridgehead atoms. The van der Waals surface area contributed by atoms with Crippen molar-refractivity contribution in [3.05, 3.63) is 53.6 Å². The molecular formula is C21H26N4O. The first kappa shape index (κ1) is 16.9. The van der Waals surface area contributed by atoms with Gasteiger partial charge in [0, 0.05) is 67.8 Å². The van der Waals surface area contributed by atoms with E-state index in [1.807, 2.05) is 35.5 Å². The van der Waals surface area contributed by atoms with Gasteiger partial charge in [0.15, 0.2) is 0 Å². The summed E-state index contributed by atoms with van der Waals surface area (Å²) in [5.74, 6) is 0.107. The zero-order chi connectivity index (χ0) is 18.1. The Morgan fingerprint density at radius 2 is 1.81 bits per heavy atom. The second-order valence-corrected chi connectivity index (χ2v) is 7.28. The largest absolute Gasteiger partial charge is 0.368 e. The third-order valence-corrected chi connectivity index (χ3v) is 5.46. The normalized spacial score (nSPS) is 17.9. The third-order valence-electron chi connectivity index (χ3n) is 5.46. The molecule has 1 saturated heterocycles. The minimum Gasteiger partial charge on any atom is -0.368 e. The Morgan fingerprint density at radius 3 is 2.46 bits per heavy atom. The molecule has 4 rings (SSSR count). The molecule has 2 aromatic rings. The van der Waals surface area contributed by atoms with Crippen LogP contribution >= 0.6 is 0 Å². The van der Waals surface area contributed by atoms with Crippen molar-refractivity contribution in [2.75, 3.05) is 31.1 Å². The van der Waals surface area contributed by atoms with E-state index < -0.39 is 0 Å². The molecule has 0 N–H and O–H groups in total. The van der Waals surface area contributed by atoms with Crippen molar-refractivity contribution in [3.63, 3.8) is 0 Å². The van der Waals surface area contributed by atoms with Crippen molar-refractivity contribution in [1.29, 1.82) is 0 Å². The van der Waals surface area contributed by atoms with Gasteiger partial charge >= 0.3 is 0 Å². The number of hydrogen-bond donors (Lipinski definition) is 0. The maximum absolute atomic E-state index is 12.6. The van der Waals surface area contributed by atoms with Gasteiger partial charge in [0.25, 0.3) is 0 Å². The summed E-state index contributed by atoms with van der Waals surface area (Å²) < 4.78 is 2.41. The van der Waals surface area contributed by atoms with Gasteiger partial charge in [-0.3, -0.25) is 9.78 Å². The van der Waals surface area contributed by atoms with Gasteiger partial charge in [0.1, 0.15) is 0 Å². The number of amides is 1. The van der Waals surface area contributed by atoms with Crippen LogP contribution in [0.3, 0.4) is 0 Å². The van der Waals surface area contributed by atoms with Gasteiger partial charge < -0.3 is 14.4 Å². The molecule has 3 heterocycles. The minimum absolute atomic E-state index is 0.107. The smallest absolute Gasteiger partial charge is 0.246 e. The van der Waals surface area contributed by atoms with E-state index in [9.17, 15) is 4.79 Å². The minimum atomic E-state index is 0.107. The van der Waals surface area contributed by atoms with Crippen LogP contribution < -0.4 is 4.90 Å². The molecule has 5 nitrogen and oxygen atoms in total. The maximum atomic E-state index is 12.6. The number of carbonyl (C=O) groups excluding carboxylic acids is 1. The number of anilines is 1. The number of aromatic nitrogens is 2. The molecule has 0 unspecified atom stereocenters. The number of nitrogens with zero attached hydrogens (tertiary/aromatic N) is 4. The number of aryl methyl sites for hydroxylation is 1. The Kier molecular flexibility index (Phi) is 4.53. The topological polar surface area (TPSA) is 41.4 Å². The zero-order valence-corrected chi connectivity index (χ0v) is 15.6. The van der Waals surface area contributed by atoms with E-state index in [1.165, 1.54) is 29.9 Å². The average Bonchev–Trinajstić information content (AvgIpc) is 3.46. The lowest BCUT2D eigenvalue weighted by Gasteiger charge is -2.35. The van der Waals surface area contributed by atoms with Gasteiger partial charge in [-0.1, -0.05) is 0 Å². The standard InChI is InChI=1S/C21H26N4O/c1-16-15-18(17(2)25(16)20-4-5-20)3-6-21(26)24-13-11-23(12-14-24)19-7-9-22-10-8-19/h3,6-10,15,20H,4-5,11-14H2,1-2H3/b6-3+. The first-order valence-electron chi connectivity index (χ1n) is 9.44. The number of carbonyl (C=O) groups is 1. The van der Waals surface area contributed by atoms with Crippen LogP contribution in [-0.2, 0) is 4.79 Å². The van der Waals surface area contributed by atoms with Crippen LogP contribution in [0.1, 0.15) is 35.8 Å². The maximum Gasteiger partial charge on any atom is 0.246 e. The predicted octanol–water partition coefficient (Wildman–Crippen LogP) is 3.20. The third kappa shape index (κ3) is 3.39. The van der Waals surface area contributed by atoms with Gasteiger partial charge in [0.05, 0.1) is 0 Å². The van der Waals surface area contributed by atoms with Crippen LogP contribution in [0, 0.1) is 13.8 Å². The van der Waals surface area contributed by atoms with E-state index >= 15 is 0 Å². The van der Waals surface area contributed by atoms with E-state index in [4.69, 9.17) is 0 Å². The summed E-state index contributed by atoms with van der Waals surface area (Å²) in [5, 5.41) is 0. The molecule has 0 spiro atoms. The van der Waals surface area contributed by atoms with E-state index in [-0.39, 0.29) is 5.91 Å². The van der Waals surface area contributed by atoms with Crippen molar-refractivity contribution in [3.8, 4) is 0 Å². The van der Waals surface area contributed by atoms with Crippen LogP contribution in [0.5, 0.6) is 0 Å². The second kappa shape index (κ2) is 6.98. The highest BCUT2D eigenvalue weighted by molar-refractivity contribution is 5.92. The second-order valence-electron chi connectivity index (χ2n) is 7.28. The first-order chi connectivity index (χ1) is 12.6. The quantitative estimate of drug-likeness (QED) is 0.795. The summed E-state index contributed by atoms with van der Waals surface area (Å²) in [6.07, 6.45) is 9.90. The highest BCUT2D eigenvalue weighted by Crippen LogP contribution is 2.38. The van der Waals surface area contributed by atoms with Gasteiger partial charge in [-0.15, -0.1) is 0 Å². The Bertz CT molecular complexity index is 812. The molecule has 2 aromatic heterocycles. The van der Waals surface area contributed by atoms with Crippen LogP contribution in [0.4, 0.5) is 5.69 Å². The molecule has 26 heavy (non-hydrogen) atoms. The first-order valence-corrected chi connectivity index (χ1v) is 9.44. The molecule has 1 aliphatic heterocycles. The molecule has 5 heteroatoms. The fourth-order valence-electron chi connectivity index (χ4n) is 3.87. The molecule has 1 saturated carbocycles. The molecule has 0 aromatic carbocycles. The summed E-state index contributed by atoms with van der Waals surface area (Å²) in [6.45, 7) is 7.55. The molecule has 2 aliphatic rings. The molecular weight excluding hydrogens is 324 g/mol. The average molecular weight is 350 g/mol. The summed E-state index contributed by atoms with van der Waals surface area (Å²) in [6, 6.07) is 6.91. The van der Waals surface area contributed by atoms with Crippen molar-refractivity contribution in [1.82, 2.24) is 14.5 Å². The van der Waals surface area contributed by atoms with E-state index in [2.05, 4.69) is 34.4 Å².